The van der Waals surface area contributed by atoms with Crippen molar-refractivity contribution in [3.8, 4) is 0 Å². The lowest BCUT2D eigenvalue weighted by Crippen LogP contribution is -2.30. The Morgan fingerprint density at radius 1 is 1.32 bits per heavy atom. The summed E-state index contributed by atoms with van der Waals surface area (Å²) >= 11 is 3.43. The Morgan fingerprint density at radius 3 is 2.89 bits per heavy atom. The van der Waals surface area contributed by atoms with Crippen molar-refractivity contribution < 1.29 is 4.39 Å². The highest BCUT2D eigenvalue weighted by molar-refractivity contribution is 9.10. The molecule has 106 valence electrons. The standard InChI is InChI=1S/C16H23BrFN/c1-2-19-15-6-4-3-5-12(10-15)9-13-11-14(17)7-8-16(13)18/h7-8,11-12,15,19H,2-6,9-10H2,1H3. The highest BCUT2D eigenvalue weighted by Gasteiger charge is 2.20. The summed E-state index contributed by atoms with van der Waals surface area (Å²) in [5, 5.41) is 3.56. The fourth-order valence-electron chi connectivity index (χ4n) is 3.13. The van der Waals surface area contributed by atoms with Crippen LogP contribution in [0.5, 0.6) is 0 Å². The molecule has 1 aliphatic rings. The molecule has 0 spiro atoms. The van der Waals surface area contributed by atoms with Crippen molar-refractivity contribution in [3.63, 3.8) is 0 Å². The Kier molecular flexibility index (Phi) is 5.83. The molecule has 1 nitrogen and oxygen atoms in total. The van der Waals surface area contributed by atoms with E-state index in [0.717, 1.165) is 23.0 Å². The van der Waals surface area contributed by atoms with E-state index in [1.54, 1.807) is 12.1 Å². The van der Waals surface area contributed by atoms with Crippen LogP contribution in [0.25, 0.3) is 0 Å². The molecule has 1 aromatic carbocycles. The second-order valence-electron chi connectivity index (χ2n) is 5.58. The predicted molar refractivity (Wildman–Crippen MR) is 81.8 cm³/mol. The fraction of sp³-hybridized carbons (Fsp3) is 0.625. The molecule has 2 atom stereocenters. The molecule has 0 aromatic heterocycles. The highest BCUT2D eigenvalue weighted by atomic mass is 79.9. The third kappa shape index (κ3) is 4.57. The lowest BCUT2D eigenvalue weighted by molar-refractivity contribution is 0.385. The molecule has 0 heterocycles. The first-order valence-corrected chi connectivity index (χ1v) is 8.15. The van der Waals surface area contributed by atoms with Crippen LogP contribution in [0.15, 0.2) is 22.7 Å². The van der Waals surface area contributed by atoms with Gasteiger partial charge in [-0.3, -0.25) is 0 Å². The lowest BCUT2D eigenvalue weighted by Gasteiger charge is -2.21. The average molecular weight is 328 g/mol. The molecular weight excluding hydrogens is 305 g/mol. The maximum atomic E-state index is 13.8. The topological polar surface area (TPSA) is 12.0 Å². The third-order valence-electron chi connectivity index (χ3n) is 4.04. The van der Waals surface area contributed by atoms with Crippen LogP contribution in [0.2, 0.25) is 0 Å². The Bertz CT molecular complexity index is 408. The maximum absolute atomic E-state index is 13.8. The van der Waals surface area contributed by atoms with Gasteiger partial charge in [0.2, 0.25) is 0 Å². The number of nitrogens with one attached hydrogen (secondary N) is 1. The molecule has 0 radical (unpaired) electrons. The second-order valence-corrected chi connectivity index (χ2v) is 6.50. The summed E-state index contributed by atoms with van der Waals surface area (Å²) in [6.07, 6.45) is 7.13. The molecule has 1 aliphatic carbocycles. The second kappa shape index (κ2) is 7.39. The zero-order chi connectivity index (χ0) is 13.7. The first-order chi connectivity index (χ1) is 9.19. The van der Waals surface area contributed by atoms with Crippen molar-refractivity contribution >= 4 is 15.9 Å². The van der Waals surface area contributed by atoms with Crippen LogP contribution in [0.4, 0.5) is 4.39 Å². The van der Waals surface area contributed by atoms with Gasteiger partial charge in [-0.1, -0.05) is 42.1 Å². The Morgan fingerprint density at radius 2 is 2.11 bits per heavy atom. The molecule has 0 amide bonds. The Balaban J connectivity index is 2.02. The summed E-state index contributed by atoms with van der Waals surface area (Å²) in [7, 11) is 0. The van der Waals surface area contributed by atoms with E-state index >= 15 is 0 Å². The molecule has 1 saturated carbocycles. The molecule has 19 heavy (non-hydrogen) atoms. The minimum Gasteiger partial charge on any atom is -0.314 e. The maximum Gasteiger partial charge on any atom is 0.126 e. The van der Waals surface area contributed by atoms with Crippen LogP contribution in [0, 0.1) is 11.7 Å². The third-order valence-corrected chi connectivity index (χ3v) is 4.54. The number of halogens is 2. The summed E-state index contributed by atoms with van der Waals surface area (Å²) in [6.45, 7) is 3.19. The van der Waals surface area contributed by atoms with Gasteiger partial charge in [0.1, 0.15) is 5.82 Å². The molecule has 1 fully saturated rings. The van der Waals surface area contributed by atoms with E-state index in [1.165, 1.54) is 32.1 Å². The molecule has 0 saturated heterocycles. The van der Waals surface area contributed by atoms with Crippen molar-refractivity contribution in [3.05, 3.63) is 34.1 Å². The number of benzene rings is 1. The fourth-order valence-corrected chi connectivity index (χ4v) is 3.54. The normalized spacial score (nSPS) is 24.2. The minimum absolute atomic E-state index is 0.0625. The van der Waals surface area contributed by atoms with Crippen molar-refractivity contribution in [2.45, 2.75) is 51.5 Å². The van der Waals surface area contributed by atoms with E-state index < -0.39 is 0 Å². The van der Waals surface area contributed by atoms with E-state index in [4.69, 9.17) is 0 Å². The van der Waals surface area contributed by atoms with Crippen molar-refractivity contribution in [2.24, 2.45) is 5.92 Å². The zero-order valence-electron chi connectivity index (χ0n) is 11.6. The van der Waals surface area contributed by atoms with Crippen LogP contribution in [0.3, 0.4) is 0 Å². The minimum atomic E-state index is -0.0625. The van der Waals surface area contributed by atoms with Gasteiger partial charge in [-0.25, -0.2) is 4.39 Å². The van der Waals surface area contributed by atoms with Crippen LogP contribution in [-0.2, 0) is 6.42 Å². The molecule has 2 unspecified atom stereocenters. The van der Waals surface area contributed by atoms with E-state index in [0.29, 0.717) is 12.0 Å². The van der Waals surface area contributed by atoms with Crippen LogP contribution in [0.1, 0.15) is 44.6 Å². The van der Waals surface area contributed by atoms with Gasteiger partial charge in [-0.05, 0) is 55.5 Å². The summed E-state index contributed by atoms with van der Waals surface area (Å²) in [6, 6.07) is 5.89. The Hall–Kier alpha value is -0.410. The molecular formula is C16H23BrFN. The molecule has 1 aromatic rings. The van der Waals surface area contributed by atoms with E-state index in [1.807, 2.05) is 6.07 Å². The molecule has 2 rings (SSSR count). The lowest BCUT2D eigenvalue weighted by atomic mass is 9.91. The Labute approximate surface area is 124 Å². The number of hydrogen-bond acceptors (Lipinski definition) is 1. The van der Waals surface area contributed by atoms with Gasteiger partial charge >= 0.3 is 0 Å². The number of hydrogen-bond donors (Lipinski definition) is 1. The van der Waals surface area contributed by atoms with Gasteiger partial charge in [0, 0.05) is 10.5 Å². The van der Waals surface area contributed by atoms with Crippen molar-refractivity contribution in [1.29, 1.82) is 0 Å². The van der Waals surface area contributed by atoms with Crippen molar-refractivity contribution in [1.82, 2.24) is 5.32 Å². The molecule has 1 N–H and O–H groups in total. The smallest absolute Gasteiger partial charge is 0.126 e. The van der Waals surface area contributed by atoms with E-state index in [9.17, 15) is 4.39 Å². The predicted octanol–water partition coefficient (Wildman–Crippen LogP) is 4.69. The first kappa shape index (κ1) is 15.0. The van der Waals surface area contributed by atoms with Gasteiger partial charge in [0.05, 0.1) is 0 Å². The molecule has 0 bridgehead atoms. The largest absolute Gasteiger partial charge is 0.314 e. The SMILES string of the molecule is CCNC1CCCCC(Cc2cc(Br)ccc2F)C1. The summed E-state index contributed by atoms with van der Waals surface area (Å²) in [5.41, 5.74) is 0.858. The monoisotopic (exact) mass is 327 g/mol. The molecule has 3 heteroatoms. The zero-order valence-corrected chi connectivity index (χ0v) is 13.2. The van der Waals surface area contributed by atoms with Gasteiger partial charge in [0.25, 0.3) is 0 Å². The van der Waals surface area contributed by atoms with E-state index in [-0.39, 0.29) is 5.82 Å². The van der Waals surface area contributed by atoms with Gasteiger partial charge in [-0.15, -0.1) is 0 Å². The number of rotatable bonds is 4. The van der Waals surface area contributed by atoms with E-state index in [2.05, 4.69) is 28.2 Å². The van der Waals surface area contributed by atoms with Crippen LogP contribution < -0.4 is 5.32 Å². The first-order valence-electron chi connectivity index (χ1n) is 7.36. The van der Waals surface area contributed by atoms with Crippen molar-refractivity contribution in [2.75, 3.05) is 6.54 Å². The van der Waals surface area contributed by atoms with Crippen LogP contribution >= 0.6 is 15.9 Å². The summed E-state index contributed by atoms with van der Waals surface area (Å²) in [5.74, 6) is 0.544. The quantitative estimate of drug-likeness (QED) is 0.791. The van der Waals surface area contributed by atoms with Gasteiger partial charge in [0.15, 0.2) is 0 Å². The summed E-state index contributed by atoms with van der Waals surface area (Å²) in [4.78, 5) is 0. The molecule has 0 aliphatic heterocycles. The van der Waals surface area contributed by atoms with Gasteiger partial charge in [-0.2, -0.15) is 0 Å². The van der Waals surface area contributed by atoms with Gasteiger partial charge < -0.3 is 5.32 Å². The highest BCUT2D eigenvalue weighted by Crippen LogP contribution is 2.28. The van der Waals surface area contributed by atoms with Crippen LogP contribution in [-0.4, -0.2) is 12.6 Å². The average Bonchev–Trinajstić information content (AvgIpc) is 2.60. The summed E-state index contributed by atoms with van der Waals surface area (Å²) < 4.78 is 14.8.